The van der Waals surface area contributed by atoms with E-state index in [2.05, 4.69) is 15.9 Å². The van der Waals surface area contributed by atoms with Crippen molar-refractivity contribution in [3.63, 3.8) is 0 Å². The van der Waals surface area contributed by atoms with E-state index in [0.29, 0.717) is 6.54 Å². The molecule has 0 saturated carbocycles. The minimum Gasteiger partial charge on any atom is -0.379 e. The fraction of sp³-hybridized carbons (Fsp3) is 0.409. The van der Waals surface area contributed by atoms with E-state index >= 15 is 0 Å². The summed E-state index contributed by atoms with van der Waals surface area (Å²) >= 11 is 0. The molecule has 0 N–H and O–H groups in total. The number of ether oxygens (including phenoxy) is 1. The second-order valence-electron chi connectivity index (χ2n) is 7.28. The smallest absolute Gasteiger partial charge is 0.231 e. The Kier molecular flexibility index (Phi) is 5.88. The van der Waals surface area contributed by atoms with E-state index in [1.807, 2.05) is 23.1 Å². The van der Waals surface area contributed by atoms with Crippen molar-refractivity contribution in [1.29, 1.82) is 0 Å². The fourth-order valence-corrected chi connectivity index (χ4v) is 3.87. The summed E-state index contributed by atoms with van der Waals surface area (Å²) in [5, 5.41) is 0. The highest BCUT2D eigenvalue weighted by molar-refractivity contribution is 5.98. The highest BCUT2D eigenvalue weighted by atomic mass is 19.1. The van der Waals surface area contributed by atoms with Gasteiger partial charge in [0.05, 0.1) is 31.0 Å². The van der Waals surface area contributed by atoms with Crippen molar-refractivity contribution >= 4 is 17.3 Å². The Balaban J connectivity index is 1.44. The number of rotatable bonds is 5. The van der Waals surface area contributed by atoms with Crippen LogP contribution in [0.1, 0.15) is 5.56 Å². The average Bonchev–Trinajstić information content (AvgIpc) is 2.74. The molecule has 2 aromatic rings. The van der Waals surface area contributed by atoms with Crippen LogP contribution in [0.25, 0.3) is 0 Å². The van der Waals surface area contributed by atoms with Gasteiger partial charge in [0.25, 0.3) is 0 Å². The summed E-state index contributed by atoms with van der Waals surface area (Å²) in [6.07, 6.45) is 0.280. The highest BCUT2D eigenvalue weighted by Crippen LogP contribution is 2.33. The van der Waals surface area contributed by atoms with Crippen LogP contribution in [-0.2, 0) is 16.0 Å². The van der Waals surface area contributed by atoms with Crippen LogP contribution in [-0.4, -0.2) is 63.3 Å². The molecule has 1 fully saturated rings. The van der Waals surface area contributed by atoms with Gasteiger partial charge in [0.2, 0.25) is 5.91 Å². The number of morpholine rings is 1. The first-order valence-corrected chi connectivity index (χ1v) is 9.89. The van der Waals surface area contributed by atoms with Gasteiger partial charge < -0.3 is 14.5 Å². The summed E-state index contributed by atoms with van der Waals surface area (Å²) in [5.74, 6) is -0.234. The van der Waals surface area contributed by atoms with Crippen LogP contribution < -0.4 is 9.80 Å². The standard InChI is InChI=1S/C22H26FN3O2/c23-19-7-5-18(6-8-19)17-22(27)26-12-11-25(20-3-1-2-4-21(20)26)10-9-24-13-15-28-16-14-24/h1-8H,9-17H2. The molecule has 148 valence electrons. The molecular formula is C22H26FN3O2. The number of amides is 1. The van der Waals surface area contributed by atoms with Gasteiger partial charge in [0.15, 0.2) is 0 Å². The zero-order valence-corrected chi connectivity index (χ0v) is 16.0. The van der Waals surface area contributed by atoms with Gasteiger partial charge in [-0.25, -0.2) is 4.39 Å². The molecule has 5 nitrogen and oxygen atoms in total. The molecular weight excluding hydrogens is 357 g/mol. The predicted molar refractivity (Wildman–Crippen MR) is 108 cm³/mol. The molecule has 0 aromatic heterocycles. The topological polar surface area (TPSA) is 36.0 Å². The Morgan fingerprint density at radius 3 is 2.36 bits per heavy atom. The highest BCUT2D eigenvalue weighted by Gasteiger charge is 2.26. The zero-order chi connectivity index (χ0) is 19.3. The monoisotopic (exact) mass is 383 g/mol. The first kappa shape index (κ1) is 18.9. The van der Waals surface area contributed by atoms with E-state index < -0.39 is 0 Å². The molecule has 2 aliphatic heterocycles. The van der Waals surface area contributed by atoms with Gasteiger partial charge in [-0.2, -0.15) is 0 Å². The maximum atomic E-state index is 13.1. The molecule has 6 heteroatoms. The SMILES string of the molecule is O=C(Cc1ccc(F)cc1)N1CCN(CCN2CCOCC2)c2ccccc21. The molecule has 0 radical (unpaired) electrons. The van der Waals surface area contributed by atoms with Gasteiger partial charge in [0.1, 0.15) is 5.82 Å². The summed E-state index contributed by atoms with van der Waals surface area (Å²) < 4.78 is 18.5. The van der Waals surface area contributed by atoms with Crippen LogP contribution in [0.2, 0.25) is 0 Å². The average molecular weight is 383 g/mol. The fourth-order valence-electron chi connectivity index (χ4n) is 3.87. The summed E-state index contributed by atoms with van der Waals surface area (Å²) in [7, 11) is 0. The summed E-state index contributed by atoms with van der Waals surface area (Å²) in [6, 6.07) is 14.3. The lowest BCUT2D eigenvalue weighted by molar-refractivity contribution is -0.118. The van der Waals surface area contributed by atoms with Gasteiger partial charge in [-0.05, 0) is 29.8 Å². The lowest BCUT2D eigenvalue weighted by atomic mass is 10.1. The Morgan fingerprint density at radius 2 is 1.61 bits per heavy atom. The Bertz CT molecular complexity index is 806. The number of anilines is 2. The molecule has 0 aliphatic carbocycles. The number of halogens is 1. The van der Waals surface area contributed by atoms with Crippen molar-refractivity contribution < 1.29 is 13.9 Å². The quantitative estimate of drug-likeness (QED) is 0.795. The molecule has 1 amide bonds. The van der Waals surface area contributed by atoms with E-state index in [9.17, 15) is 9.18 Å². The minimum atomic E-state index is -0.282. The number of carbonyl (C=O) groups excluding carboxylic acids is 1. The summed E-state index contributed by atoms with van der Waals surface area (Å²) in [4.78, 5) is 19.6. The summed E-state index contributed by atoms with van der Waals surface area (Å²) in [5.41, 5.74) is 2.90. The van der Waals surface area contributed by atoms with Crippen molar-refractivity contribution in [2.45, 2.75) is 6.42 Å². The van der Waals surface area contributed by atoms with Gasteiger partial charge in [0, 0.05) is 39.3 Å². The Morgan fingerprint density at radius 1 is 0.893 bits per heavy atom. The Labute approximate surface area is 165 Å². The number of nitrogens with zero attached hydrogens (tertiary/aromatic N) is 3. The first-order chi connectivity index (χ1) is 13.7. The molecule has 0 spiro atoms. The van der Waals surface area contributed by atoms with Crippen LogP contribution in [0.5, 0.6) is 0 Å². The Hall–Kier alpha value is -2.44. The van der Waals surface area contributed by atoms with Crippen molar-refractivity contribution in [2.75, 3.05) is 62.3 Å². The minimum absolute atomic E-state index is 0.0480. The van der Waals surface area contributed by atoms with E-state index in [4.69, 9.17) is 4.74 Å². The van der Waals surface area contributed by atoms with Crippen molar-refractivity contribution in [2.24, 2.45) is 0 Å². The molecule has 0 unspecified atom stereocenters. The molecule has 0 bridgehead atoms. The lowest BCUT2D eigenvalue weighted by Crippen LogP contribution is -2.47. The number of para-hydroxylation sites is 2. The second kappa shape index (κ2) is 8.71. The normalized spacial score (nSPS) is 17.5. The third-order valence-electron chi connectivity index (χ3n) is 5.47. The van der Waals surface area contributed by atoms with Gasteiger partial charge in [-0.3, -0.25) is 9.69 Å². The largest absolute Gasteiger partial charge is 0.379 e. The molecule has 2 aromatic carbocycles. The number of carbonyl (C=O) groups is 1. The maximum Gasteiger partial charge on any atom is 0.231 e. The van der Waals surface area contributed by atoms with Gasteiger partial charge >= 0.3 is 0 Å². The number of hydrogen-bond donors (Lipinski definition) is 0. The van der Waals surface area contributed by atoms with Crippen molar-refractivity contribution in [3.05, 3.63) is 59.9 Å². The number of benzene rings is 2. The lowest BCUT2D eigenvalue weighted by Gasteiger charge is -2.39. The zero-order valence-electron chi connectivity index (χ0n) is 16.0. The molecule has 1 saturated heterocycles. The van der Waals surface area contributed by atoms with E-state index in [-0.39, 0.29) is 18.1 Å². The van der Waals surface area contributed by atoms with Crippen LogP contribution in [0, 0.1) is 5.82 Å². The van der Waals surface area contributed by atoms with Gasteiger partial charge in [-0.15, -0.1) is 0 Å². The van der Waals surface area contributed by atoms with E-state index in [1.54, 1.807) is 12.1 Å². The van der Waals surface area contributed by atoms with Gasteiger partial charge in [-0.1, -0.05) is 24.3 Å². The third-order valence-corrected chi connectivity index (χ3v) is 5.47. The van der Waals surface area contributed by atoms with Crippen LogP contribution >= 0.6 is 0 Å². The van der Waals surface area contributed by atoms with E-state index in [1.165, 1.54) is 12.1 Å². The molecule has 4 rings (SSSR count). The van der Waals surface area contributed by atoms with Crippen molar-refractivity contribution in [1.82, 2.24) is 4.90 Å². The summed E-state index contributed by atoms with van der Waals surface area (Å²) in [6.45, 7) is 7.01. The number of fused-ring (bicyclic) bond motifs is 1. The van der Waals surface area contributed by atoms with Crippen LogP contribution in [0.3, 0.4) is 0 Å². The van der Waals surface area contributed by atoms with Crippen molar-refractivity contribution in [3.8, 4) is 0 Å². The maximum absolute atomic E-state index is 13.1. The first-order valence-electron chi connectivity index (χ1n) is 9.89. The molecule has 0 atom stereocenters. The van der Waals surface area contributed by atoms with Crippen LogP contribution in [0.15, 0.2) is 48.5 Å². The van der Waals surface area contributed by atoms with E-state index in [0.717, 1.165) is 62.9 Å². The second-order valence-corrected chi connectivity index (χ2v) is 7.28. The molecule has 2 aliphatic rings. The molecule has 28 heavy (non-hydrogen) atoms. The molecule has 2 heterocycles. The number of hydrogen-bond acceptors (Lipinski definition) is 4. The third kappa shape index (κ3) is 4.34. The van der Waals surface area contributed by atoms with Crippen LogP contribution in [0.4, 0.5) is 15.8 Å². The predicted octanol–water partition coefficient (Wildman–Crippen LogP) is 2.55.